The summed E-state index contributed by atoms with van der Waals surface area (Å²) >= 11 is 0. The smallest absolute Gasteiger partial charge is 0.190 e. The third kappa shape index (κ3) is 7.09. The Hall–Kier alpha value is -2.54. The van der Waals surface area contributed by atoms with Gasteiger partial charge >= 0.3 is 0 Å². The summed E-state index contributed by atoms with van der Waals surface area (Å²) in [6.07, 6.45) is 5.95. The summed E-state index contributed by atoms with van der Waals surface area (Å²) in [5, 5.41) is 11.0. The van der Waals surface area contributed by atoms with Gasteiger partial charge in [0.1, 0.15) is 0 Å². The van der Waals surface area contributed by atoms with E-state index in [-0.39, 0.29) is 0 Å². The Balaban J connectivity index is 1.25. The average Bonchev–Trinajstić information content (AvgIpc) is 3.26. The van der Waals surface area contributed by atoms with Crippen LogP contribution in [0.1, 0.15) is 18.4 Å². The Morgan fingerprint density at radius 1 is 1.03 bits per heavy atom. The molecule has 2 N–H and O–H groups in total. The normalized spacial score (nSPS) is 15.5. The van der Waals surface area contributed by atoms with E-state index in [0.29, 0.717) is 0 Å². The zero-order valence-electron chi connectivity index (χ0n) is 17.8. The first-order chi connectivity index (χ1) is 14.2. The van der Waals surface area contributed by atoms with Gasteiger partial charge in [0.15, 0.2) is 5.96 Å². The largest absolute Gasteiger partial charge is 0.369 e. The number of aliphatic imine (C=N–C) groups is 1. The first-order valence-corrected chi connectivity index (χ1v) is 10.7. The van der Waals surface area contributed by atoms with E-state index in [2.05, 4.69) is 61.7 Å². The van der Waals surface area contributed by atoms with Crippen molar-refractivity contribution in [3.8, 4) is 0 Å². The van der Waals surface area contributed by atoms with Crippen molar-refractivity contribution in [1.29, 1.82) is 0 Å². The number of nitrogens with one attached hydrogen (secondary N) is 2. The highest BCUT2D eigenvalue weighted by molar-refractivity contribution is 5.79. The molecule has 0 radical (unpaired) electrons. The summed E-state index contributed by atoms with van der Waals surface area (Å²) < 4.78 is 1.95. The fourth-order valence-corrected chi connectivity index (χ4v) is 3.66. The molecule has 0 spiro atoms. The molecular formula is C22H35N7. The van der Waals surface area contributed by atoms with Crippen LogP contribution in [0.2, 0.25) is 0 Å². The second kappa shape index (κ2) is 11.5. The predicted molar refractivity (Wildman–Crippen MR) is 121 cm³/mol. The highest BCUT2D eigenvalue weighted by atomic mass is 15.3. The monoisotopic (exact) mass is 397 g/mol. The minimum absolute atomic E-state index is 0.884. The van der Waals surface area contributed by atoms with Crippen LogP contribution in [0, 0.1) is 6.92 Å². The summed E-state index contributed by atoms with van der Waals surface area (Å²) in [6.45, 7) is 10.5. The third-order valence-electron chi connectivity index (χ3n) is 5.32. The summed E-state index contributed by atoms with van der Waals surface area (Å²) in [7, 11) is 1.83. The van der Waals surface area contributed by atoms with Crippen molar-refractivity contribution in [2.45, 2.75) is 26.3 Å². The van der Waals surface area contributed by atoms with Gasteiger partial charge < -0.3 is 15.5 Å². The zero-order valence-corrected chi connectivity index (χ0v) is 17.8. The first-order valence-electron chi connectivity index (χ1n) is 10.7. The van der Waals surface area contributed by atoms with Gasteiger partial charge in [0.2, 0.25) is 0 Å². The fraction of sp³-hybridized carbons (Fsp3) is 0.545. The van der Waals surface area contributed by atoms with E-state index in [0.717, 1.165) is 71.2 Å². The van der Waals surface area contributed by atoms with Gasteiger partial charge in [0.05, 0.1) is 0 Å². The predicted octanol–water partition coefficient (Wildman–Crippen LogP) is 1.96. The van der Waals surface area contributed by atoms with Crippen molar-refractivity contribution in [2.24, 2.45) is 4.99 Å². The van der Waals surface area contributed by atoms with E-state index in [1.165, 1.54) is 11.3 Å². The Morgan fingerprint density at radius 2 is 1.79 bits per heavy atom. The number of guanidine groups is 1. The fourth-order valence-electron chi connectivity index (χ4n) is 3.66. The standard InChI is InChI=1S/C22H35N7/c1-20-7-3-8-21(19-20)28-17-15-27(16-18-28)12-4-9-24-22(23-2)25-10-5-13-29-14-6-11-26-29/h3,6-8,11,14,19H,4-5,9-10,12-13,15-18H2,1-2H3,(H2,23,24,25). The molecule has 0 saturated carbocycles. The number of aryl methyl sites for hydroxylation is 2. The van der Waals surface area contributed by atoms with Gasteiger partial charge in [-0.2, -0.15) is 5.10 Å². The molecule has 0 bridgehead atoms. The molecule has 7 nitrogen and oxygen atoms in total. The number of hydrogen-bond acceptors (Lipinski definition) is 4. The molecule has 1 aromatic heterocycles. The molecule has 0 amide bonds. The molecule has 2 heterocycles. The van der Waals surface area contributed by atoms with E-state index in [1.807, 2.05) is 30.2 Å². The van der Waals surface area contributed by atoms with Crippen LogP contribution in [0.25, 0.3) is 0 Å². The number of benzene rings is 1. The Bertz CT molecular complexity index is 733. The summed E-state index contributed by atoms with van der Waals surface area (Å²) in [5.41, 5.74) is 2.69. The summed E-state index contributed by atoms with van der Waals surface area (Å²) in [5.74, 6) is 0.884. The maximum absolute atomic E-state index is 4.31. The van der Waals surface area contributed by atoms with Crippen molar-refractivity contribution >= 4 is 11.6 Å². The lowest BCUT2D eigenvalue weighted by atomic mass is 10.2. The lowest BCUT2D eigenvalue weighted by Gasteiger charge is -2.36. The summed E-state index contributed by atoms with van der Waals surface area (Å²) in [4.78, 5) is 9.37. The quantitative estimate of drug-likeness (QED) is 0.385. The molecule has 29 heavy (non-hydrogen) atoms. The Kier molecular flexibility index (Phi) is 8.37. The molecule has 0 aliphatic carbocycles. The Morgan fingerprint density at radius 3 is 2.45 bits per heavy atom. The molecule has 1 saturated heterocycles. The molecule has 1 aliphatic rings. The van der Waals surface area contributed by atoms with E-state index in [4.69, 9.17) is 0 Å². The van der Waals surface area contributed by atoms with Gasteiger partial charge in [-0.3, -0.25) is 14.6 Å². The lowest BCUT2D eigenvalue weighted by molar-refractivity contribution is 0.255. The molecule has 0 unspecified atom stereocenters. The molecule has 1 aromatic carbocycles. The highest BCUT2D eigenvalue weighted by Crippen LogP contribution is 2.17. The Labute approximate surface area is 174 Å². The highest BCUT2D eigenvalue weighted by Gasteiger charge is 2.16. The van der Waals surface area contributed by atoms with Crippen LogP contribution < -0.4 is 15.5 Å². The molecule has 7 heteroatoms. The maximum atomic E-state index is 4.31. The van der Waals surface area contributed by atoms with Crippen LogP contribution in [0.4, 0.5) is 5.69 Å². The summed E-state index contributed by atoms with van der Waals surface area (Å²) in [6, 6.07) is 10.8. The zero-order chi connectivity index (χ0) is 20.3. The van der Waals surface area contributed by atoms with Crippen molar-refractivity contribution in [1.82, 2.24) is 25.3 Å². The van der Waals surface area contributed by atoms with E-state index >= 15 is 0 Å². The van der Waals surface area contributed by atoms with E-state index < -0.39 is 0 Å². The third-order valence-corrected chi connectivity index (χ3v) is 5.32. The second-order valence-corrected chi connectivity index (χ2v) is 7.57. The van der Waals surface area contributed by atoms with Gasteiger partial charge in [-0.05, 0) is 50.1 Å². The molecule has 0 atom stereocenters. The van der Waals surface area contributed by atoms with Gasteiger partial charge in [0, 0.05) is 70.9 Å². The SMILES string of the molecule is CN=C(NCCCN1CCN(c2cccc(C)c2)CC1)NCCCn1cccn1. The van der Waals surface area contributed by atoms with Gasteiger partial charge in [-0.25, -0.2) is 0 Å². The number of hydrogen-bond donors (Lipinski definition) is 2. The molecule has 158 valence electrons. The lowest BCUT2D eigenvalue weighted by Crippen LogP contribution is -2.47. The van der Waals surface area contributed by atoms with Gasteiger partial charge in [0.25, 0.3) is 0 Å². The number of aromatic nitrogens is 2. The van der Waals surface area contributed by atoms with Gasteiger partial charge in [-0.15, -0.1) is 0 Å². The molecule has 3 rings (SSSR count). The van der Waals surface area contributed by atoms with Crippen LogP contribution in [-0.4, -0.2) is 73.5 Å². The molecule has 2 aromatic rings. The average molecular weight is 398 g/mol. The number of nitrogens with zero attached hydrogens (tertiary/aromatic N) is 5. The first kappa shape index (κ1) is 21.2. The molecule has 1 fully saturated rings. The van der Waals surface area contributed by atoms with E-state index in [9.17, 15) is 0 Å². The van der Waals surface area contributed by atoms with Crippen molar-refractivity contribution in [3.63, 3.8) is 0 Å². The van der Waals surface area contributed by atoms with Crippen LogP contribution in [-0.2, 0) is 6.54 Å². The molecule has 1 aliphatic heterocycles. The number of anilines is 1. The van der Waals surface area contributed by atoms with Crippen LogP contribution in [0.15, 0.2) is 47.7 Å². The van der Waals surface area contributed by atoms with Crippen molar-refractivity contribution in [3.05, 3.63) is 48.3 Å². The van der Waals surface area contributed by atoms with Crippen molar-refractivity contribution in [2.75, 3.05) is 57.8 Å². The molecular weight excluding hydrogens is 362 g/mol. The van der Waals surface area contributed by atoms with Crippen LogP contribution >= 0.6 is 0 Å². The van der Waals surface area contributed by atoms with Crippen LogP contribution in [0.5, 0.6) is 0 Å². The minimum atomic E-state index is 0.884. The maximum Gasteiger partial charge on any atom is 0.190 e. The minimum Gasteiger partial charge on any atom is -0.369 e. The topological polar surface area (TPSA) is 60.7 Å². The van der Waals surface area contributed by atoms with Crippen LogP contribution in [0.3, 0.4) is 0 Å². The second-order valence-electron chi connectivity index (χ2n) is 7.57. The number of rotatable bonds is 9. The number of piperazine rings is 1. The van der Waals surface area contributed by atoms with Crippen molar-refractivity contribution < 1.29 is 0 Å². The van der Waals surface area contributed by atoms with E-state index in [1.54, 1.807) is 0 Å². The van der Waals surface area contributed by atoms with Gasteiger partial charge in [-0.1, -0.05) is 12.1 Å².